The summed E-state index contributed by atoms with van der Waals surface area (Å²) in [5.41, 5.74) is 5.72. The lowest BCUT2D eigenvalue weighted by atomic mass is 9.71. The molecular formula is C16H22F2N2. The van der Waals surface area contributed by atoms with Crippen molar-refractivity contribution in [2.45, 2.75) is 56.4 Å². The molecule has 0 amide bonds. The maximum absolute atomic E-state index is 13.2. The van der Waals surface area contributed by atoms with Crippen LogP contribution in [0.1, 0.15) is 49.1 Å². The second-order valence-corrected chi connectivity index (χ2v) is 6.30. The molecule has 1 aromatic rings. The predicted octanol–water partition coefficient (Wildman–Crippen LogP) is 3.37. The molecule has 2 aliphatic rings. The van der Waals surface area contributed by atoms with Crippen molar-refractivity contribution in [2.75, 3.05) is 0 Å². The van der Waals surface area contributed by atoms with E-state index in [1.165, 1.54) is 11.1 Å². The molecule has 110 valence electrons. The van der Waals surface area contributed by atoms with Crippen LogP contribution in [-0.2, 0) is 6.42 Å². The molecule has 0 heterocycles. The Kier molecular flexibility index (Phi) is 3.78. The van der Waals surface area contributed by atoms with Crippen LogP contribution in [-0.4, -0.2) is 12.0 Å². The third-order valence-electron chi connectivity index (χ3n) is 5.04. The van der Waals surface area contributed by atoms with Gasteiger partial charge >= 0.3 is 0 Å². The minimum Gasteiger partial charge on any atom is -0.271 e. The summed E-state index contributed by atoms with van der Waals surface area (Å²) >= 11 is 0. The van der Waals surface area contributed by atoms with Crippen molar-refractivity contribution >= 4 is 0 Å². The molecule has 1 fully saturated rings. The Morgan fingerprint density at radius 2 is 1.95 bits per heavy atom. The summed E-state index contributed by atoms with van der Waals surface area (Å²) in [6.07, 6.45) is 3.24. The normalized spacial score (nSPS) is 26.6. The lowest BCUT2D eigenvalue weighted by molar-refractivity contribution is -0.0501. The van der Waals surface area contributed by atoms with Crippen LogP contribution < -0.4 is 11.3 Å². The van der Waals surface area contributed by atoms with E-state index in [4.69, 9.17) is 5.84 Å². The summed E-state index contributed by atoms with van der Waals surface area (Å²) in [5.74, 6) is 4.04. The first kappa shape index (κ1) is 14.0. The molecule has 0 spiro atoms. The van der Waals surface area contributed by atoms with Gasteiger partial charge in [-0.1, -0.05) is 24.3 Å². The van der Waals surface area contributed by atoms with Gasteiger partial charge in [0.1, 0.15) is 0 Å². The van der Waals surface area contributed by atoms with Gasteiger partial charge in [0.25, 0.3) is 0 Å². The van der Waals surface area contributed by atoms with Crippen molar-refractivity contribution in [3.8, 4) is 0 Å². The fourth-order valence-electron chi connectivity index (χ4n) is 3.74. The largest absolute Gasteiger partial charge is 0.271 e. The Labute approximate surface area is 118 Å². The van der Waals surface area contributed by atoms with E-state index >= 15 is 0 Å². The molecule has 0 bridgehead atoms. The van der Waals surface area contributed by atoms with Gasteiger partial charge in [-0.05, 0) is 48.6 Å². The molecule has 2 unspecified atom stereocenters. The summed E-state index contributed by atoms with van der Waals surface area (Å²) in [7, 11) is 0. The number of benzene rings is 1. The van der Waals surface area contributed by atoms with Crippen LogP contribution >= 0.6 is 0 Å². The van der Waals surface area contributed by atoms with E-state index in [0.717, 1.165) is 12.8 Å². The third-order valence-corrected chi connectivity index (χ3v) is 5.04. The van der Waals surface area contributed by atoms with E-state index in [1.807, 2.05) is 0 Å². The zero-order valence-corrected chi connectivity index (χ0v) is 11.6. The SMILES string of the molecule is NNC(CC1Cc2ccccc21)C1CCC(F)(F)CC1. The lowest BCUT2D eigenvalue weighted by Crippen LogP contribution is -2.45. The highest BCUT2D eigenvalue weighted by atomic mass is 19.3. The van der Waals surface area contributed by atoms with Gasteiger partial charge < -0.3 is 0 Å². The zero-order chi connectivity index (χ0) is 14.2. The summed E-state index contributed by atoms with van der Waals surface area (Å²) in [6, 6.07) is 8.63. The summed E-state index contributed by atoms with van der Waals surface area (Å²) in [6.45, 7) is 0. The average Bonchev–Trinajstić information content (AvgIpc) is 2.41. The van der Waals surface area contributed by atoms with Crippen LogP contribution in [0.15, 0.2) is 24.3 Å². The number of halogens is 2. The number of nitrogens with one attached hydrogen (secondary N) is 1. The zero-order valence-electron chi connectivity index (χ0n) is 11.6. The Balaban J connectivity index is 1.59. The van der Waals surface area contributed by atoms with Crippen molar-refractivity contribution in [3.05, 3.63) is 35.4 Å². The molecule has 0 aliphatic heterocycles. The highest BCUT2D eigenvalue weighted by Gasteiger charge is 2.38. The van der Waals surface area contributed by atoms with Crippen LogP contribution in [0.2, 0.25) is 0 Å². The van der Waals surface area contributed by atoms with E-state index in [0.29, 0.717) is 18.8 Å². The monoisotopic (exact) mass is 280 g/mol. The minimum atomic E-state index is -2.46. The predicted molar refractivity (Wildman–Crippen MR) is 75.5 cm³/mol. The quantitative estimate of drug-likeness (QED) is 0.655. The first-order valence-electron chi connectivity index (χ1n) is 7.51. The van der Waals surface area contributed by atoms with Crippen molar-refractivity contribution in [2.24, 2.45) is 11.8 Å². The lowest BCUT2D eigenvalue weighted by Gasteiger charge is -2.38. The van der Waals surface area contributed by atoms with E-state index in [9.17, 15) is 8.78 Å². The van der Waals surface area contributed by atoms with Gasteiger partial charge in [0.15, 0.2) is 0 Å². The highest BCUT2D eigenvalue weighted by molar-refractivity contribution is 5.39. The van der Waals surface area contributed by atoms with Crippen LogP contribution in [0.25, 0.3) is 0 Å². The van der Waals surface area contributed by atoms with E-state index < -0.39 is 5.92 Å². The number of rotatable bonds is 4. The third kappa shape index (κ3) is 2.72. The summed E-state index contributed by atoms with van der Waals surface area (Å²) < 4.78 is 26.5. The number of hydrazine groups is 1. The molecule has 1 saturated carbocycles. The Morgan fingerprint density at radius 1 is 1.25 bits per heavy atom. The maximum Gasteiger partial charge on any atom is 0.248 e. The average molecular weight is 280 g/mol. The molecule has 1 aromatic carbocycles. The first-order chi connectivity index (χ1) is 9.59. The van der Waals surface area contributed by atoms with Crippen LogP contribution in [0.4, 0.5) is 8.78 Å². The van der Waals surface area contributed by atoms with Gasteiger partial charge in [-0.2, -0.15) is 0 Å². The van der Waals surface area contributed by atoms with Crippen molar-refractivity contribution in [1.29, 1.82) is 0 Å². The Morgan fingerprint density at radius 3 is 2.60 bits per heavy atom. The topological polar surface area (TPSA) is 38.0 Å². The fraction of sp³-hybridized carbons (Fsp3) is 0.625. The van der Waals surface area contributed by atoms with Gasteiger partial charge in [-0.15, -0.1) is 0 Å². The van der Waals surface area contributed by atoms with E-state index in [1.54, 1.807) is 0 Å². The molecule has 0 saturated heterocycles. The second kappa shape index (κ2) is 5.41. The van der Waals surface area contributed by atoms with Crippen molar-refractivity contribution < 1.29 is 8.78 Å². The second-order valence-electron chi connectivity index (χ2n) is 6.30. The number of nitrogens with two attached hydrogens (primary N) is 1. The van der Waals surface area contributed by atoms with Crippen molar-refractivity contribution in [3.63, 3.8) is 0 Å². The smallest absolute Gasteiger partial charge is 0.248 e. The van der Waals surface area contributed by atoms with E-state index in [2.05, 4.69) is 29.7 Å². The molecule has 4 heteroatoms. The number of fused-ring (bicyclic) bond motifs is 1. The molecule has 0 aromatic heterocycles. The van der Waals surface area contributed by atoms with Crippen LogP contribution in [0, 0.1) is 5.92 Å². The molecule has 3 rings (SSSR count). The summed E-state index contributed by atoms with van der Waals surface area (Å²) in [5, 5.41) is 0. The Bertz CT molecular complexity index is 465. The van der Waals surface area contributed by atoms with Crippen molar-refractivity contribution in [1.82, 2.24) is 5.43 Å². The highest BCUT2D eigenvalue weighted by Crippen LogP contribution is 2.42. The minimum absolute atomic E-state index is 0.0110. The molecule has 2 aliphatic carbocycles. The number of hydrogen-bond acceptors (Lipinski definition) is 2. The molecule has 3 N–H and O–H groups in total. The standard InChI is InChI=1S/C16H22F2N2/c17-16(18)7-5-11(6-8-16)15(20-19)10-13-9-12-3-1-2-4-14(12)13/h1-4,11,13,15,20H,5-10,19H2. The maximum atomic E-state index is 13.2. The van der Waals surface area contributed by atoms with Crippen LogP contribution in [0.5, 0.6) is 0 Å². The molecule has 20 heavy (non-hydrogen) atoms. The van der Waals surface area contributed by atoms with Gasteiger partial charge in [0, 0.05) is 18.9 Å². The first-order valence-corrected chi connectivity index (χ1v) is 7.51. The Hall–Kier alpha value is -1.00. The fourth-order valence-corrected chi connectivity index (χ4v) is 3.74. The number of hydrogen-bond donors (Lipinski definition) is 2. The number of alkyl halides is 2. The molecular weight excluding hydrogens is 258 g/mol. The van der Waals surface area contributed by atoms with Crippen LogP contribution in [0.3, 0.4) is 0 Å². The van der Waals surface area contributed by atoms with Gasteiger partial charge in [-0.3, -0.25) is 11.3 Å². The van der Waals surface area contributed by atoms with Gasteiger partial charge in [0.05, 0.1) is 0 Å². The van der Waals surface area contributed by atoms with E-state index in [-0.39, 0.29) is 24.8 Å². The molecule has 2 nitrogen and oxygen atoms in total. The van der Waals surface area contributed by atoms with Gasteiger partial charge in [-0.25, -0.2) is 8.78 Å². The molecule has 0 radical (unpaired) electrons. The molecule has 2 atom stereocenters. The van der Waals surface area contributed by atoms with Gasteiger partial charge in [0.2, 0.25) is 5.92 Å². The summed E-state index contributed by atoms with van der Waals surface area (Å²) in [4.78, 5) is 0.